The van der Waals surface area contributed by atoms with Crippen LogP contribution >= 0.6 is 0 Å². The van der Waals surface area contributed by atoms with E-state index in [0.717, 1.165) is 35.9 Å². The molecule has 0 bridgehead atoms. The van der Waals surface area contributed by atoms with Crippen LogP contribution in [0.2, 0.25) is 0 Å². The summed E-state index contributed by atoms with van der Waals surface area (Å²) >= 11 is 0. The van der Waals surface area contributed by atoms with E-state index in [1.165, 1.54) is 17.7 Å². The smallest absolute Gasteiger partial charge is 0.228 e. The van der Waals surface area contributed by atoms with Gasteiger partial charge in [-0.25, -0.2) is 4.39 Å². The summed E-state index contributed by atoms with van der Waals surface area (Å²) in [7, 11) is 0. The van der Waals surface area contributed by atoms with Crippen LogP contribution in [0.3, 0.4) is 0 Å². The van der Waals surface area contributed by atoms with Crippen LogP contribution in [-0.4, -0.2) is 42.1 Å². The van der Waals surface area contributed by atoms with Crippen molar-refractivity contribution in [3.63, 3.8) is 0 Å². The van der Waals surface area contributed by atoms with Gasteiger partial charge in [-0.05, 0) is 36.6 Å². The molecule has 0 saturated carbocycles. The summed E-state index contributed by atoms with van der Waals surface area (Å²) in [5.74, 6) is -0.00103. The van der Waals surface area contributed by atoms with E-state index >= 15 is 0 Å². The highest BCUT2D eigenvalue weighted by molar-refractivity contribution is 5.93. The number of carbonyl (C=O) groups excluding carboxylic acids is 1. The van der Waals surface area contributed by atoms with Crippen LogP contribution in [0.25, 0.3) is 16.5 Å². The zero-order chi connectivity index (χ0) is 15.8. The quantitative estimate of drug-likeness (QED) is 0.926. The number of ether oxygens (including phenoxy) is 1. The average molecular weight is 314 g/mol. The zero-order valence-corrected chi connectivity index (χ0v) is 12.8. The van der Waals surface area contributed by atoms with Gasteiger partial charge < -0.3 is 14.6 Å². The summed E-state index contributed by atoms with van der Waals surface area (Å²) in [5, 5.41) is 1.03. The number of rotatable bonds is 2. The molecule has 2 aliphatic rings. The molecule has 2 aliphatic heterocycles. The summed E-state index contributed by atoms with van der Waals surface area (Å²) in [6.45, 7) is 2.62. The minimum Gasteiger partial charge on any atom is -0.381 e. The minimum atomic E-state index is -0.237. The third-order valence-electron chi connectivity index (χ3n) is 4.79. The number of aromatic nitrogens is 1. The van der Waals surface area contributed by atoms with Crippen molar-refractivity contribution in [2.75, 3.05) is 26.3 Å². The van der Waals surface area contributed by atoms with Crippen LogP contribution < -0.4 is 0 Å². The van der Waals surface area contributed by atoms with Crippen molar-refractivity contribution < 1.29 is 13.9 Å². The maximum absolute atomic E-state index is 13.3. The molecular formula is C18H19FN2O2. The molecule has 2 aromatic rings. The first-order valence-electron chi connectivity index (χ1n) is 8.05. The van der Waals surface area contributed by atoms with Crippen molar-refractivity contribution in [3.05, 3.63) is 41.9 Å². The molecule has 4 rings (SSSR count). The maximum Gasteiger partial charge on any atom is 0.228 e. The standard InChI is InChI=1S/C18H19FN2O2/c19-14-1-2-15-16(10-20-17(15)9-14)12-3-6-21(7-4-12)18(22)13-5-8-23-11-13/h1-3,9-10,13,20H,4-8,11H2. The molecule has 1 saturated heterocycles. The first-order valence-corrected chi connectivity index (χ1v) is 8.05. The van der Waals surface area contributed by atoms with Gasteiger partial charge in [0.25, 0.3) is 0 Å². The van der Waals surface area contributed by atoms with Gasteiger partial charge >= 0.3 is 0 Å². The normalized spacial score (nSPS) is 21.7. The average Bonchev–Trinajstić information content (AvgIpc) is 3.23. The van der Waals surface area contributed by atoms with Gasteiger partial charge in [0.2, 0.25) is 5.91 Å². The Hall–Kier alpha value is -2.14. The number of hydrogen-bond acceptors (Lipinski definition) is 2. The predicted octanol–water partition coefficient (Wildman–Crippen LogP) is 2.96. The van der Waals surface area contributed by atoms with E-state index in [9.17, 15) is 9.18 Å². The Morgan fingerprint density at radius 2 is 2.30 bits per heavy atom. The molecule has 3 heterocycles. The third kappa shape index (κ3) is 2.65. The molecule has 1 aromatic carbocycles. The fourth-order valence-corrected chi connectivity index (χ4v) is 3.47. The monoisotopic (exact) mass is 314 g/mol. The zero-order valence-electron chi connectivity index (χ0n) is 12.8. The number of nitrogens with one attached hydrogen (secondary N) is 1. The highest BCUT2D eigenvalue weighted by Gasteiger charge is 2.29. The Labute approximate surface area is 133 Å². The second-order valence-corrected chi connectivity index (χ2v) is 6.22. The molecule has 1 unspecified atom stereocenters. The highest BCUT2D eigenvalue weighted by Crippen LogP contribution is 2.30. The van der Waals surface area contributed by atoms with Crippen LogP contribution in [0.5, 0.6) is 0 Å². The van der Waals surface area contributed by atoms with Crippen LogP contribution in [0, 0.1) is 11.7 Å². The number of aromatic amines is 1. The number of amides is 1. The van der Waals surface area contributed by atoms with Crippen molar-refractivity contribution in [3.8, 4) is 0 Å². The van der Waals surface area contributed by atoms with E-state index in [1.807, 2.05) is 17.2 Å². The molecule has 1 amide bonds. The number of H-pyrrole nitrogens is 1. The lowest BCUT2D eigenvalue weighted by Gasteiger charge is -2.28. The third-order valence-corrected chi connectivity index (χ3v) is 4.79. The predicted molar refractivity (Wildman–Crippen MR) is 86.4 cm³/mol. The molecule has 5 heteroatoms. The number of halogens is 1. The lowest BCUT2D eigenvalue weighted by atomic mass is 9.98. The second-order valence-electron chi connectivity index (χ2n) is 6.22. The Morgan fingerprint density at radius 3 is 3.04 bits per heavy atom. The van der Waals surface area contributed by atoms with Gasteiger partial charge in [-0.1, -0.05) is 6.08 Å². The lowest BCUT2D eigenvalue weighted by Crippen LogP contribution is -2.39. The largest absolute Gasteiger partial charge is 0.381 e. The minimum absolute atomic E-state index is 0.0287. The number of carbonyl (C=O) groups is 1. The topological polar surface area (TPSA) is 45.3 Å². The number of hydrogen-bond donors (Lipinski definition) is 1. The van der Waals surface area contributed by atoms with Gasteiger partial charge in [0.1, 0.15) is 5.82 Å². The Balaban J connectivity index is 1.53. The first-order chi connectivity index (χ1) is 11.2. The van der Waals surface area contributed by atoms with E-state index in [2.05, 4.69) is 11.1 Å². The Kier molecular flexibility index (Phi) is 3.65. The van der Waals surface area contributed by atoms with E-state index in [1.54, 1.807) is 0 Å². The second kappa shape index (κ2) is 5.81. The van der Waals surface area contributed by atoms with Crippen molar-refractivity contribution in [2.45, 2.75) is 12.8 Å². The molecule has 1 aromatic heterocycles. The summed E-state index contributed by atoms with van der Waals surface area (Å²) in [4.78, 5) is 17.5. The van der Waals surface area contributed by atoms with Crippen LogP contribution in [-0.2, 0) is 9.53 Å². The van der Waals surface area contributed by atoms with E-state index < -0.39 is 0 Å². The molecular weight excluding hydrogens is 295 g/mol. The molecule has 1 fully saturated rings. The molecule has 1 N–H and O–H groups in total. The van der Waals surface area contributed by atoms with Crippen molar-refractivity contribution in [1.29, 1.82) is 0 Å². The fourth-order valence-electron chi connectivity index (χ4n) is 3.47. The maximum atomic E-state index is 13.3. The van der Waals surface area contributed by atoms with E-state index in [-0.39, 0.29) is 17.6 Å². The summed E-state index contributed by atoms with van der Waals surface area (Å²) in [6, 6.07) is 4.81. The number of nitrogens with zero attached hydrogens (tertiary/aromatic N) is 1. The van der Waals surface area contributed by atoms with Crippen molar-refractivity contribution in [2.24, 2.45) is 5.92 Å². The Bertz CT molecular complexity index is 774. The van der Waals surface area contributed by atoms with Crippen molar-refractivity contribution >= 4 is 22.4 Å². The molecule has 0 spiro atoms. The Morgan fingerprint density at radius 1 is 1.39 bits per heavy atom. The lowest BCUT2D eigenvalue weighted by molar-refractivity contribution is -0.135. The van der Waals surface area contributed by atoms with Crippen molar-refractivity contribution in [1.82, 2.24) is 9.88 Å². The van der Waals surface area contributed by atoms with Crippen LogP contribution in [0.4, 0.5) is 4.39 Å². The molecule has 0 aliphatic carbocycles. The van der Waals surface area contributed by atoms with Gasteiger partial charge in [0.15, 0.2) is 0 Å². The summed E-state index contributed by atoms with van der Waals surface area (Å²) in [5.41, 5.74) is 3.13. The summed E-state index contributed by atoms with van der Waals surface area (Å²) < 4.78 is 18.6. The van der Waals surface area contributed by atoms with Gasteiger partial charge in [-0.3, -0.25) is 4.79 Å². The highest BCUT2D eigenvalue weighted by atomic mass is 19.1. The van der Waals surface area contributed by atoms with E-state index in [4.69, 9.17) is 4.74 Å². The van der Waals surface area contributed by atoms with Crippen LogP contribution in [0.1, 0.15) is 18.4 Å². The molecule has 1 atom stereocenters. The first kappa shape index (κ1) is 14.5. The van der Waals surface area contributed by atoms with Gasteiger partial charge in [0, 0.05) is 42.4 Å². The van der Waals surface area contributed by atoms with E-state index in [0.29, 0.717) is 19.8 Å². The molecule has 23 heavy (non-hydrogen) atoms. The SMILES string of the molecule is O=C(C1CCOC1)N1CC=C(c2c[nH]c3cc(F)ccc23)CC1. The van der Waals surface area contributed by atoms with Gasteiger partial charge in [-0.15, -0.1) is 0 Å². The number of fused-ring (bicyclic) bond motifs is 1. The molecule has 120 valence electrons. The fraction of sp³-hybridized carbons (Fsp3) is 0.389. The van der Waals surface area contributed by atoms with Gasteiger partial charge in [0.05, 0.1) is 12.5 Å². The van der Waals surface area contributed by atoms with Gasteiger partial charge in [-0.2, -0.15) is 0 Å². The molecule has 4 nitrogen and oxygen atoms in total. The number of benzene rings is 1. The van der Waals surface area contributed by atoms with Crippen LogP contribution in [0.15, 0.2) is 30.5 Å². The summed E-state index contributed by atoms with van der Waals surface area (Å²) in [6.07, 6.45) is 5.70. The molecule has 0 radical (unpaired) electrons.